The Bertz CT molecular complexity index is 284. The Morgan fingerprint density at radius 2 is 2.29 bits per heavy atom. The molecule has 1 fully saturated rings. The summed E-state index contributed by atoms with van der Waals surface area (Å²) in [7, 11) is 1.37. The van der Waals surface area contributed by atoms with E-state index < -0.39 is 18.0 Å². The van der Waals surface area contributed by atoms with Crippen LogP contribution in [-0.4, -0.2) is 66.6 Å². The van der Waals surface area contributed by atoms with Gasteiger partial charge in [-0.1, -0.05) is 0 Å². The third kappa shape index (κ3) is 3.86. The van der Waals surface area contributed by atoms with Gasteiger partial charge in [0.15, 0.2) is 6.04 Å². The number of hydrogen-bond donors (Lipinski definition) is 3. The van der Waals surface area contributed by atoms with Crippen molar-refractivity contribution in [3.05, 3.63) is 0 Å². The van der Waals surface area contributed by atoms with Gasteiger partial charge in [-0.2, -0.15) is 0 Å². The molecule has 7 nitrogen and oxygen atoms in total. The average Bonchev–Trinajstić information content (AvgIpc) is 2.76. The highest BCUT2D eigenvalue weighted by Gasteiger charge is 2.28. The SMILES string of the molecule is COCC(NC(=O)N1CCC(CO)C1)C(=O)O. The fourth-order valence-electron chi connectivity index (χ4n) is 1.75. The number of aliphatic hydroxyl groups is 1. The first-order valence-corrected chi connectivity index (χ1v) is 5.46. The molecular formula is C10H18N2O5. The zero-order valence-corrected chi connectivity index (χ0v) is 9.76. The topological polar surface area (TPSA) is 99.1 Å². The van der Waals surface area contributed by atoms with Crippen LogP contribution in [0.4, 0.5) is 4.79 Å². The lowest BCUT2D eigenvalue weighted by Crippen LogP contribution is -2.49. The van der Waals surface area contributed by atoms with Gasteiger partial charge in [-0.05, 0) is 6.42 Å². The van der Waals surface area contributed by atoms with Crippen molar-refractivity contribution in [1.29, 1.82) is 0 Å². The van der Waals surface area contributed by atoms with Crippen molar-refractivity contribution < 1.29 is 24.5 Å². The number of aliphatic carboxylic acids is 1. The summed E-state index contributed by atoms with van der Waals surface area (Å²) >= 11 is 0. The molecular weight excluding hydrogens is 228 g/mol. The third-order valence-corrected chi connectivity index (χ3v) is 2.76. The molecule has 2 unspecified atom stereocenters. The first kappa shape index (κ1) is 13.7. The zero-order chi connectivity index (χ0) is 12.8. The minimum absolute atomic E-state index is 0.0458. The van der Waals surface area contributed by atoms with Gasteiger partial charge in [-0.15, -0.1) is 0 Å². The van der Waals surface area contributed by atoms with Crippen LogP contribution in [0.1, 0.15) is 6.42 Å². The lowest BCUT2D eigenvalue weighted by molar-refractivity contribution is -0.140. The van der Waals surface area contributed by atoms with Crippen molar-refractivity contribution in [3.8, 4) is 0 Å². The van der Waals surface area contributed by atoms with E-state index in [1.165, 1.54) is 12.0 Å². The highest BCUT2D eigenvalue weighted by atomic mass is 16.5. The Labute approximate surface area is 99.4 Å². The van der Waals surface area contributed by atoms with Crippen molar-refractivity contribution in [1.82, 2.24) is 10.2 Å². The highest BCUT2D eigenvalue weighted by molar-refractivity contribution is 5.82. The molecule has 1 aliphatic heterocycles. The van der Waals surface area contributed by atoms with Crippen LogP contribution in [-0.2, 0) is 9.53 Å². The number of methoxy groups -OCH3 is 1. The van der Waals surface area contributed by atoms with E-state index in [0.717, 1.165) is 6.42 Å². The number of aliphatic hydroxyl groups excluding tert-OH is 1. The van der Waals surface area contributed by atoms with Gasteiger partial charge in [0.25, 0.3) is 0 Å². The molecule has 0 saturated carbocycles. The molecule has 98 valence electrons. The second kappa shape index (κ2) is 6.41. The minimum Gasteiger partial charge on any atom is -0.480 e. The van der Waals surface area contributed by atoms with Crippen LogP contribution in [0.2, 0.25) is 0 Å². The zero-order valence-electron chi connectivity index (χ0n) is 9.76. The number of hydrogen-bond acceptors (Lipinski definition) is 4. The second-order valence-corrected chi connectivity index (χ2v) is 4.08. The van der Waals surface area contributed by atoms with Gasteiger partial charge in [0.1, 0.15) is 0 Å². The molecule has 0 bridgehead atoms. The largest absolute Gasteiger partial charge is 0.480 e. The van der Waals surface area contributed by atoms with E-state index in [-0.39, 0.29) is 19.1 Å². The highest BCUT2D eigenvalue weighted by Crippen LogP contribution is 2.15. The van der Waals surface area contributed by atoms with Crippen LogP contribution in [0.25, 0.3) is 0 Å². The van der Waals surface area contributed by atoms with Gasteiger partial charge in [-0.25, -0.2) is 9.59 Å². The van der Waals surface area contributed by atoms with Crippen LogP contribution in [0.3, 0.4) is 0 Å². The Morgan fingerprint density at radius 3 is 2.76 bits per heavy atom. The standard InChI is InChI=1S/C10H18N2O5/c1-17-6-8(9(14)15)11-10(16)12-3-2-7(4-12)5-13/h7-8,13H,2-6H2,1H3,(H,11,16)(H,14,15). The number of amides is 2. The van der Waals surface area contributed by atoms with Crippen molar-refractivity contribution in [2.24, 2.45) is 5.92 Å². The lowest BCUT2D eigenvalue weighted by atomic mass is 10.1. The summed E-state index contributed by atoms with van der Waals surface area (Å²) in [6.07, 6.45) is 0.742. The van der Waals surface area contributed by atoms with Gasteiger partial charge in [0.05, 0.1) is 6.61 Å². The maximum Gasteiger partial charge on any atom is 0.328 e. The molecule has 1 rings (SSSR count). The van der Waals surface area contributed by atoms with Gasteiger partial charge >= 0.3 is 12.0 Å². The fourth-order valence-corrected chi connectivity index (χ4v) is 1.75. The molecule has 7 heteroatoms. The van der Waals surface area contributed by atoms with Crippen molar-refractivity contribution in [2.45, 2.75) is 12.5 Å². The first-order chi connectivity index (χ1) is 8.08. The van der Waals surface area contributed by atoms with E-state index in [1.807, 2.05) is 0 Å². The average molecular weight is 246 g/mol. The molecule has 0 aliphatic carbocycles. The van der Waals surface area contributed by atoms with Gasteiger partial charge in [-0.3, -0.25) is 0 Å². The number of nitrogens with one attached hydrogen (secondary N) is 1. The van der Waals surface area contributed by atoms with Crippen molar-refractivity contribution in [2.75, 3.05) is 33.4 Å². The molecule has 1 heterocycles. The van der Waals surface area contributed by atoms with Crippen LogP contribution < -0.4 is 5.32 Å². The summed E-state index contributed by atoms with van der Waals surface area (Å²) < 4.78 is 4.72. The molecule has 2 amide bonds. The maximum absolute atomic E-state index is 11.7. The molecule has 0 aromatic heterocycles. The summed E-state index contributed by atoms with van der Waals surface area (Å²) in [5.74, 6) is -1.04. The molecule has 0 aromatic carbocycles. The van der Waals surface area contributed by atoms with E-state index in [2.05, 4.69) is 5.32 Å². The molecule has 1 aliphatic rings. The minimum atomic E-state index is -1.13. The van der Waals surface area contributed by atoms with E-state index in [1.54, 1.807) is 0 Å². The van der Waals surface area contributed by atoms with E-state index in [4.69, 9.17) is 14.9 Å². The summed E-state index contributed by atoms with van der Waals surface area (Å²) in [5, 5.41) is 20.2. The smallest absolute Gasteiger partial charge is 0.328 e. The predicted octanol–water partition coefficient (Wildman–Crippen LogP) is -0.890. The normalized spacial score (nSPS) is 21.3. The van der Waals surface area contributed by atoms with Crippen molar-refractivity contribution >= 4 is 12.0 Å². The molecule has 0 aromatic rings. The molecule has 17 heavy (non-hydrogen) atoms. The number of carboxylic acid groups (broad SMARTS) is 1. The molecule has 2 atom stereocenters. The third-order valence-electron chi connectivity index (χ3n) is 2.76. The summed E-state index contributed by atoms with van der Waals surface area (Å²) in [6, 6.07) is -1.47. The summed E-state index contributed by atoms with van der Waals surface area (Å²) in [6.45, 7) is 0.973. The number of ether oxygens (including phenoxy) is 1. The number of likely N-dealkylation sites (tertiary alicyclic amines) is 1. The fraction of sp³-hybridized carbons (Fsp3) is 0.800. The molecule has 0 spiro atoms. The van der Waals surface area contributed by atoms with Crippen LogP contribution in [0, 0.1) is 5.92 Å². The Balaban J connectivity index is 2.45. The predicted molar refractivity (Wildman–Crippen MR) is 58.6 cm³/mol. The summed E-state index contributed by atoms with van der Waals surface area (Å²) in [4.78, 5) is 24.0. The quantitative estimate of drug-likeness (QED) is 0.584. The van der Waals surface area contributed by atoms with Crippen molar-refractivity contribution in [3.63, 3.8) is 0 Å². The number of carbonyl (C=O) groups is 2. The van der Waals surface area contributed by atoms with Gasteiger partial charge in [0.2, 0.25) is 0 Å². The lowest BCUT2D eigenvalue weighted by Gasteiger charge is -2.20. The van der Waals surface area contributed by atoms with E-state index >= 15 is 0 Å². The van der Waals surface area contributed by atoms with Crippen LogP contribution >= 0.6 is 0 Å². The number of carboxylic acids is 1. The Kier molecular flexibility index (Phi) is 5.17. The van der Waals surface area contributed by atoms with E-state index in [9.17, 15) is 9.59 Å². The van der Waals surface area contributed by atoms with E-state index in [0.29, 0.717) is 13.1 Å². The number of rotatable bonds is 5. The molecule has 3 N–H and O–H groups in total. The van der Waals surface area contributed by atoms with Crippen LogP contribution in [0.5, 0.6) is 0 Å². The van der Waals surface area contributed by atoms with Gasteiger partial charge < -0.3 is 25.2 Å². The molecule has 1 saturated heterocycles. The Morgan fingerprint density at radius 1 is 1.59 bits per heavy atom. The maximum atomic E-state index is 11.7. The summed E-state index contributed by atoms with van der Waals surface area (Å²) in [5.41, 5.74) is 0. The Hall–Kier alpha value is -1.34. The molecule has 0 radical (unpaired) electrons. The van der Waals surface area contributed by atoms with Crippen LogP contribution in [0.15, 0.2) is 0 Å². The monoisotopic (exact) mass is 246 g/mol. The number of nitrogens with zero attached hydrogens (tertiary/aromatic N) is 1. The second-order valence-electron chi connectivity index (χ2n) is 4.08. The number of urea groups is 1. The first-order valence-electron chi connectivity index (χ1n) is 5.46. The number of carbonyl (C=O) groups excluding carboxylic acids is 1. The van der Waals surface area contributed by atoms with Gasteiger partial charge in [0, 0.05) is 32.7 Å².